The van der Waals surface area contributed by atoms with E-state index in [4.69, 9.17) is 11.6 Å². The third-order valence-corrected chi connectivity index (χ3v) is 10.6. The first kappa shape index (κ1) is 35.9. The molecule has 0 fully saturated rings. The summed E-state index contributed by atoms with van der Waals surface area (Å²) >= 11 is 6.59. The van der Waals surface area contributed by atoms with Crippen molar-refractivity contribution in [3.8, 4) is 0 Å². The lowest BCUT2D eigenvalue weighted by Gasteiger charge is -2.25. The molecule has 0 spiro atoms. The van der Waals surface area contributed by atoms with Crippen LogP contribution in [0.2, 0.25) is 5.02 Å². The third kappa shape index (κ3) is 8.20. The van der Waals surface area contributed by atoms with Gasteiger partial charge in [0.2, 0.25) is 10.0 Å². The van der Waals surface area contributed by atoms with Gasteiger partial charge in [0, 0.05) is 34.6 Å². The largest absolute Gasteiger partial charge is 0.478 e. The Labute approximate surface area is 299 Å². The lowest BCUT2D eigenvalue weighted by atomic mass is 9.97. The van der Waals surface area contributed by atoms with Gasteiger partial charge in [0.25, 0.3) is 0 Å². The average Bonchev–Trinajstić information content (AvgIpc) is 3.40. The van der Waals surface area contributed by atoms with Crippen LogP contribution in [0.5, 0.6) is 0 Å². The fraction of sp³-hybridized carbons (Fsp3) is 0.175. The van der Waals surface area contributed by atoms with Gasteiger partial charge in [0.05, 0.1) is 22.1 Å². The van der Waals surface area contributed by atoms with E-state index < -0.39 is 27.7 Å². The normalized spacial score (nSPS) is 12.1. The molecule has 0 aliphatic carbocycles. The first-order chi connectivity index (χ1) is 24.4. The summed E-state index contributed by atoms with van der Waals surface area (Å²) < 4.78 is 70.8. The number of hydrogen-bond donors (Lipinski definition) is 2. The molecule has 0 radical (unpaired) electrons. The van der Waals surface area contributed by atoms with Gasteiger partial charge in [-0.2, -0.15) is 13.2 Å². The molecule has 262 valence electrons. The fourth-order valence-corrected chi connectivity index (χ4v) is 7.71. The number of carboxylic acid groups (broad SMARTS) is 1. The molecule has 0 saturated heterocycles. The van der Waals surface area contributed by atoms with E-state index in [1.54, 1.807) is 24.3 Å². The lowest BCUT2D eigenvalue weighted by Crippen LogP contribution is -2.27. The summed E-state index contributed by atoms with van der Waals surface area (Å²) in [7, 11) is -4.13. The number of carboxylic acids is 1. The lowest BCUT2D eigenvalue weighted by molar-refractivity contribution is -0.137. The number of alkyl halides is 3. The molecule has 0 amide bonds. The minimum absolute atomic E-state index is 0.0205. The zero-order valence-electron chi connectivity index (χ0n) is 27.3. The Morgan fingerprint density at radius 2 is 1.39 bits per heavy atom. The van der Waals surface area contributed by atoms with Crippen LogP contribution in [0.15, 0.2) is 132 Å². The molecule has 0 bridgehead atoms. The van der Waals surface area contributed by atoms with Crippen LogP contribution in [0.1, 0.15) is 56.3 Å². The number of rotatable bonds is 13. The number of aromatic nitrogens is 1. The molecule has 2 N–H and O–H groups in total. The number of nitrogens with zero attached hydrogens (tertiary/aromatic N) is 1. The Bertz CT molecular complexity index is 2200. The Balaban J connectivity index is 1.40. The van der Waals surface area contributed by atoms with Gasteiger partial charge >= 0.3 is 12.1 Å². The van der Waals surface area contributed by atoms with E-state index in [0.29, 0.717) is 24.3 Å². The van der Waals surface area contributed by atoms with Crippen LogP contribution < -0.4 is 4.72 Å². The third-order valence-electron chi connectivity index (χ3n) is 8.91. The Morgan fingerprint density at radius 1 is 0.784 bits per heavy atom. The van der Waals surface area contributed by atoms with Crippen molar-refractivity contribution in [2.45, 2.75) is 42.8 Å². The molecular weight excluding hydrogens is 697 g/mol. The van der Waals surface area contributed by atoms with Crippen molar-refractivity contribution in [1.82, 2.24) is 9.29 Å². The highest BCUT2D eigenvalue weighted by atomic mass is 35.5. The number of sulfonamides is 1. The minimum atomic E-state index is -4.58. The predicted molar refractivity (Wildman–Crippen MR) is 193 cm³/mol. The molecular formula is C40H34ClF3N2O4S. The van der Waals surface area contributed by atoms with Crippen LogP contribution in [0.3, 0.4) is 0 Å². The van der Waals surface area contributed by atoms with E-state index in [0.717, 1.165) is 63.1 Å². The van der Waals surface area contributed by atoms with Gasteiger partial charge in [-0.15, -0.1) is 0 Å². The molecule has 6 rings (SSSR count). The van der Waals surface area contributed by atoms with Crippen molar-refractivity contribution in [2.24, 2.45) is 0 Å². The van der Waals surface area contributed by atoms with Crippen LogP contribution in [0.4, 0.5) is 13.2 Å². The fourth-order valence-electron chi connectivity index (χ4n) is 6.51. The van der Waals surface area contributed by atoms with Gasteiger partial charge < -0.3 is 9.67 Å². The molecule has 1 aromatic heterocycles. The summed E-state index contributed by atoms with van der Waals surface area (Å²) in [6.07, 6.45) is -2.32. The summed E-state index contributed by atoms with van der Waals surface area (Å²) in [6, 6.07) is 35.7. The number of carbonyl (C=O) groups is 1. The maximum absolute atomic E-state index is 13.3. The molecule has 51 heavy (non-hydrogen) atoms. The number of hydrogen-bond acceptors (Lipinski definition) is 3. The predicted octanol–water partition coefficient (Wildman–Crippen LogP) is 9.35. The monoisotopic (exact) mass is 730 g/mol. The van der Waals surface area contributed by atoms with Crippen molar-refractivity contribution < 1.29 is 31.5 Å². The molecule has 5 aromatic carbocycles. The maximum atomic E-state index is 13.3. The molecule has 11 heteroatoms. The summed E-state index contributed by atoms with van der Waals surface area (Å²) in [5, 5.41) is 10.8. The van der Waals surface area contributed by atoms with Gasteiger partial charge in [-0.25, -0.2) is 17.9 Å². The molecule has 0 aliphatic heterocycles. The summed E-state index contributed by atoms with van der Waals surface area (Å²) in [5.74, 6) is -0.990. The van der Waals surface area contributed by atoms with Gasteiger partial charge in [0.15, 0.2) is 0 Å². The van der Waals surface area contributed by atoms with Crippen molar-refractivity contribution >= 4 is 38.5 Å². The Hall–Kier alpha value is -4.90. The highest BCUT2D eigenvalue weighted by Gasteiger charge is 2.31. The molecule has 1 heterocycles. The molecule has 6 aromatic rings. The first-order valence-electron chi connectivity index (χ1n) is 16.3. The van der Waals surface area contributed by atoms with Gasteiger partial charge in [-0.1, -0.05) is 84.4 Å². The number of nitrogens with one attached hydrogen (secondary N) is 1. The van der Waals surface area contributed by atoms with Crippen LogP contribution in [0, 0.1) is 0 Å². The number of aryl methyl sites for hydroxylation is 2. The zero-order chi connectivity index (χ0) is 36.2. The number of aromatic carboxylic acids is 1. The second-order valence-corrected chi connectivity index (χ2v) is 14.4. The average molecular weight is 731 g/mol. The van der Waals surface area contributed by atoms with Gasteiger partial charge in [-0.05, 0) is 96.1 Å². The summed E-state index contributed by atoms with van der Waals surface area (Å²) in [6.45, 7) is -0.0205. The molecule has 0 saturated carbocycles. The van der Waals surface area contributed by atoms with Crippen LogP contribution >= 0.6 is 11.6 Å². The topological polar surface area (TPSA) is 88.4 Å². The Kier molecular flexibility index (Phi) is 10.7. The van der Waals surface area contributed by atoms with Crippen molar-refractivity contribution in [2.75, 3.05) is 6.54 Å². The van der Waals surface area contributed by atoms with Crippen LogP contribution in [0.25, 0.3) is 10.9 Å². The van der Waals surface area contributed by atoms with E-state index >= 15 is 0 Å². The minimum Gasteiger partial charge on any atom is -0.478 e. The summed E-state index contributed by atoms with van der Waals surface area (Å²) in [5.41, 5.74) is 5.11. The number of fused-ring (bicyclic) bond motifs is 1. The summed E-state index contributed by atoms with van der Waals surface area (Å²) in [4.78, 5) is 11.1. The second-order valence-electron chi connectivity index (χ2n) is 12.2. The molecule has 0 unspecified atom stereocenters. The first-order valence-corrected chi connectivity index (χ1v) is 18.2. The van der Waals surface area contributed by atoms with Crippen molar-refractivity contribution in [3.63, 3.8) is 0 Å². The van der Waals surface area contributed by atoms with Gasteiger partial charge in [0.1, 0.15) is 0 Å². The van der Waals surface area contributed by atoms with Crippen LogP contribution in [-0.2, 0) is 35.5 Å². The van der Waals surface area contributed by atoms with E-state index in [2.05, 4.69) is 33.6 Å². The maximum Gasteiger partial charge on any atom is 0.416 e. The smallest absolute Gasteiger partial charge is 0.416 e. The zero-order valence-corrected chi connectivity index (χ0v) is 28.8. The van der Waals surface area contributed by atoms with Crippen molar-refractivity contribution in [3.05, 3.63) is 171 Å². The van der Waals surface area contributed by atoms with E-state index in [-0.39, 0.29) is 29.5 Å². The van der Waals surface area contributed by atoms with Gasteiger partial charge in [-0.3, -0.25) is 0 Å². The molecule has 6 nitrogen and oxygen atoms in total. The Morgan fingerprint density at radius 3 is 1.96 bits per heavy atom. The SMILES string of the molecule is O=C(O)c1ccc(CCCc2c(CCNS(=O)(=O)c3ccc(C(F)(F)F)cc3)n(C(c3ccccc3)c3ccccc3)c3ccc(Cl)cc23)cc1. The van der Waals surface area contributed by atoms with Crippen LogP contribution in [-0.4, -0.2) is 30.6 Å². The highest BCUT2D eigenvalue weighted by Crippen LogP contribution is 2.38. The van der Waals surface area contributed by atoms with Crippen molar-refractivity contribution in [1.29, 1.82) is 0 Å². The standard InChI is InChI=1S/C40H34ClF3N2O4S/c41-32-20-23-36-35(26-32)34(13-7-8-27-14-16-30(17-15-27)39(47)48)37(24-25-45-51(49,50)33-21-18-31(19-22-33)40(42,43)44)46(36)38(28-9-3-1-4-10-28)29-11-5-2-6-12-29/h1-6,9-12,14-23,26,38,45H,7-8,13,24-25H2,(H,47,48). The quantitative estimate of drug-likeness (QED) is 0.124. The molecule has 0 atom stereocenters. The van der Waals surface area contributed by atoms with E-state index in [1.807, 2.05) is 54.6 Å². The number of halogens is 4. The molecule has 0 aliphatic rings. The van der Waals surface area contributed by atoms with E-state index in [1.165, 1.54) is 0 Å². The highest BCUT2D eigenvalue weighted by molar-refractivity contribution is 7.89. The van der Waals surface area contributed by atoms with E-state index in [9.17, 15) is 31.5 Å². The number of benzene rings is 5. The second kappa shape index (κ2) is 15.1.